The number of hydrogen-bond donors (Lipinski definition) is 0. The molecule has 0 fully saturated rings. The molecule has 28 aromatic rings. The van der Waals surface area contributed by atoms with Gasteiger partial charge < -0.3 is 27.4 Å². The molecule has 6 aromatic heterocycles. The van der Waals surface area contributed by atoms with Crippen LogP contribution in [0.3, 0.4) is 0 Å². The van der Waals surface area contributed by atoms with Crippen molar-refractivity contribution in [2.24, 2.45) is 0 Å². The minimum absolute atomic E-state index is 1.15. The maximum atomic E-state index is 2.43. The van der Waals surface area contributed by atoms with Crippen LogP contribution in [0, 0.1) is 0 Å². The van der Waals surface area contributed by atoms with E-state index in [0.29, 0.717) is 0 Å². The van der Waals surface area contributed by atoms with Crippen molar-refractivity contribution < 1.29 is 0 Å². The monoisotopic (exact) mass is 1760 g/mol. The molecular formula is C132H88N6. The predicted octanol–water partition coefficient (Wildman–Crippen LogP) is 35.3. The lowest BCUT2D eigenvalue weighted by Gasteiger charge is -2.12. The van der Waals surface area contributed by atoms with Gasteiger partial charge in [0, 0.05) is 98.8 Å². The van der Waals surface area contributed by atoms with Crippen LogP contribution >= 0.6 is 0 Å². The number of fused-ring (bicyclic) bond motifs is 18. The smallest absolute Gasteiger partial charge is 0.0547 e. The van der Waals surface area contributed by atoms with Crippen molar-refractivity contribution in [2.75, 3.05) is 0 Å². The van der Waals surface area contributed by atoms with Gasteiger partial charge >= 0.3 is 0 Å². The summed E-state index contributed by atoms with van der Waals surface area (Å²) in [5, 5.41) is 15.2. The SMILES string of the molecule is c1ccc(-c2ccc(-n3c4ccccc4c4c(-c5ccc6c7ccccc7n(-c7cccc(-c8ccccc8)c7)c6c5)cccc43)cc2)cc1.c1ccc(-c2ccc(-n3c4ccccc4c4c(-c5ccc6c7ccccc7n(-c7ccccc7)c6c5)cccc43)cc2)cc1.c1ccc(-c2cccc(-n3c4ccccc4c4c(-c5ccc6c7ccccc7n(-c7ccccc7)c6c5)cccc43)c2)cc1. The summed E-state index contributed by atoms with van der Waals surface area (Å²) in [5.41, 5.74) is 38.6. The zero-order valence-corrected chi connectivity index (χ0v) is 75.5. The molecule has 0 spiro atoms. The van der Waals surface area contributed by atoms with Crippen LogP contribution in [-0.2, 0) is 0 Å². The van der Waals surface area contributed by atoms with E-state index in [-0.39, 0.29) is 0 Å². The average molecular weight is 1760 g/mol. The number of aromatic nitrogens is 6. The van der Waals surface area contributed by atoms with Crippen molar-refractivity contribution >= 4 is 131 Å². The molecular weight excluding hydrogens is 1670 g/mol. The van der Waals surface area contributed by atoms with Crippen molar-refractivity contribution in [3.63, 3.8) is 0 Å². The lowest BCUT2D eigenvalue weighted by molar-refractivity contribution is 1.18. The summed E-state index contributed by atoms with van der Waals surface area (Å²) in [7, 11) is 0. The Bertz CT molecular complexity index is 9530. The van der Waals surface area contributed by atoms with Crippen LogP contribution in [0.1, 0.15) is 0 Å². The average Bonchev–Trinajstić information content (AvgIpc) is 1.57. The van der Waals surface area contributed by atoms with Gasteiger partial charge in [0.2, 0.25) is 0 Å². The van der Waals surface area contributed by atoms with Crippen LogP contribution < -0.4 is 0 Å². The molecule has 646 valence electrons. The Kier molecular flexibility index (Phi) is 19.9. The first kappa shape index (κ1) is 80.5. The first-order valence-electron chi connectivity index (χ1n) is 47.4. The predicted molar refractivity (Wildman–Crippen MR) is 583 cm³/mol. The van der Waals surface area contributed by atoms with Crippen molar-refractivity contribution in [3.8, 4) is 112 Å². The van der Waals surface area contributed by atoms with Crippen molar-refractivity contribution in [3.05, 3.63) is 534 Å². The summed E-state index contributed by atoms with van der Waals surface area (Å²) in [6.07, 6.45) is 0. The molecule has 0 aliphatic heterocycles. The van der Waals surface area contributed by atoms with E-state index in [4.69, 9.17) is 0 Å². The van der Waals surface area contributed by atoms with Crippen molar-refractivity contribution in [2.45, 2.75) is 0 Å². The van der Waals surface area contributed by atoms with Gasteiger partial charge in [0.25, 0.3) is 0 Å². The van der Waals surface area contributed by atoms with Gasteiger partial charge in [0.1, 0.15) is 0 Å². The molecule has 0 radical (unpaired) electrons. The Hall–Kier alpha value is -18.4. The summed E-state index contributed by atoms with van der Waals surface area (Å²) in [5.74, 6) is 0. The lowest BCUT2D eigenvalue weighted by atomic mass is 9.98. The normalized spacial score (nSPS) is 11.6. The highest BCUT2D eigenvalue weighted by Gasteiger charge is 2.25. The number of rotatable bonds is 13. The molecule has 0 unspecified atom stereocenters. The summed E-state index contributed by atoms with van der Waals surface area (Å²) in [6, 6.07) is 193. The van der Waals surface area contributed by atoms with E-state index in [1.807, 2.05) is 0 Å². The van der Waals surface area contributed by atoms with Gasteiger partial charge in [-0.05, 0) is 223 Å². The number of para-hydroxylation sites is 8. The number of hydrogen-bond acceptors (Lipinski definition) is 0. The van der Waals surface area contributed by atoms with Gasteiger partial charge in [-0.2, -0.15) is 0 Å². The van der Waals surface area contributed by atoms with Gasteiger partial charge in [0.05, 0.1) is 66.2 Å². The Morgan fingerprint density at radius 1 is 0.0942 bits per heavy atom. The fourth-order valence-corrected chi connectivity index (χ4v) is 21.8. The van der Waals surface area contributed by atoms with E-state index in [1.165, 1.54) is 220 Å². The molecule has 6 nitrogen and oxygen atoms in total. The van der Waals surface area contributed by atoms with Gasteiger partial charge in [0.15, 0.2) is 0 Å². The van der Waals surface area contributed by atoms with Crippen LogP contribution in [0.15, 0.2) is 534 Å². The summed E-state index contributed by atoms with van der Waals surface area (Å²) in [6.45, 7) is 0. The maximum Gasteiger partial charge on any atom is 0.0547 e. The van der Waals surface area contributed by atoms with Crippen LogP contribution in [0.25, 0.3) is 243 Å². The molecule has 0 atom stereocenters. The third-order valence-corrected chi connectivity index (χ3v) is 28.0. The second kappa shape index (κ2) is 34.0. The maximum absolute atomic E-state index is 2.43. The van der Waals surface area contributed by atoms with Gasteiger partial charge in [-0.15, -0.1) is 0 Å². The highest BCUT2D eigenvalue weighted by atomic mass is 15.0. The Morgan fingerprint density at radius 3 is 0.594 bits per heavy atom. The molecule has 6 heterocycles. The minimum atomic E-state index is 1.15. The first-order chi connectivity index (χ1) is 68.5. The van der Waals surface area contributed by atoms with E-state index in [2.05, 4.69) is 561 Å². The quantitative estimate of drug-likeness (QED) is 0.110. The molecule has 0 saturated carbocycles. The van der Waals surface area contributed by atoms with E-state index >= 15 is 0 Å². The zero-order chi connectivity index (χ0) is 91.1. The molecule has 6 heteroatoms. The van der Waals surface area contributed by atoms with E-state index < -0.39 is 0 Å². The van der Waals surface area contributed by atoms with Crippen LogP contribution in [0.2, 0.25) is 0 Å². The van der Waals surface area contributed by atoms with Crippen LogP contribution in [-0.4, -0.2) is 27.4 Å². The highest BCUT2D eigenvalue weighted by molar-refractivity contribution is 6.21. The first-order valence-corrected chi connectivity index (χ1v) is 47.4. The standard InChI is InChI=1S/C48H32N2.2C42H28N2/c1-3-13-33(14-4-1)35-25-28-38(29-26-35)49-45-23-10-8-20-43(45)48-40(21-12-24-46(48)49)37-27-30-42-41-19-7-9-22-44(41)50(47(42)32-37)39-18-11-17-36(31-39)34-15-5-2-6-16-34;1-3-13-29(14-4-1)30-15-11-18-33(27-30)44-39-23-10-8-20-37(39)42-34(21-12-24-40(42)44)31-25-26-36-35-19-7-9-22-38(35)43(41(36)28-31)32-16-5-2-6-17-32;1-3-12-29(13-4-1)30-22-25-33(26-23-30)43-39-20-10-8-17-37(39)42-34(18-11-21-40(42)43)31-24-27-36-35-16-7-9-19-38(35)44(41(36)28-31)32-14-5-2-6-15-32/h1-32H;2*1-28H. The fraction of sp³-hybridized carbons (Fsp3) is 0. The molecule has 0 amide bonds. The van der Waals surface area contributed by atoms with Gasteiger partial charge in [-0.25, -0.2) is 0 Å². The highest BCUT2D eigenvalue weighted by Crippen LogP contribution is 2.48. The van der Waals surface area contributed by atoms with Gasteiger partial charge in [-0.3, -0.25) is 0 Å². The van der Waals surface area contributed by atoms with Gasteiger partial charge in [-0.1, -0.05) is 388 Å². The van der Waals surface area contributed by atoms with Crippen LogP contribution in [0.5, 0.6) is 0 Å². The summed E-state index contributed by atoms with van der Waals surface area (Å²) < 4.78 is 14.5. The Balaban J connectivity index is 0.000000107. The molecule has 0 aliphatic rings. The molecule has 28 rings (SSSR count). The second-order valence-corrected chi connectivity index (χ2v) is 35.7. The number of nitrogens with zero attached hydrogens (tertiary/aromatic N) is 6. The minimum Gasteiger partial charge on any atom is -0.309 e. The largest absolute Gasteiger partial charge is 0.309 e. The second-order valence-electron chi connectivity index (χ2n) is 35.7. The molecule has 22 aromatic carbocycles. The van der Waals surface area contributed by atoms with E-state index in [9.17, 15) is 0 Å². The van der Waals surface area contributed by atoms with E-state index in [0.717, 1.165) is 22.7 Å². The third-order valence-electron chi connectivity index (χ3n) is 28.0. The molecule has 0 saturated heterocycles. The molecule has 0 bridgehead atoms. The lowest BCUT2D eigenvalue weighted by Crippen LogP contribution is -1.95. The number of benzene rings is 22. The molecule has 138 heavy (non-hydrogen) atoms. The molecule has 0 aliphatic carbocycles. The Morgan fingerprint density at radius 2 is 0.283 bits per heavy atom. The Labute approximate surface area is 798 Å². The molecule has 0 N–H and O–H groups in total. The third kappa shape index (κ3) is 13.8. The van der Waals surface area contributed by atoms with E-state index in [1.54, 1.807) is 0 Å². The van der Waals surface area contributed by atoms with Crippen LogP contribution in [0.4, 0.5) is 0 Å². The topological polar surface area (TPSA) is 29.6 Å². The van der Waals surface area contributed by atoms with Crippen molar-refractivity contribution in [1.29, 1.82) is 0 Å². The summed E-state index contributed by atoms with van der Waals surface area (Å²) >= 11 is 0. The fourth-order valence-electron chi connectivity index (χ4n) is 21.8. The zero-order valence-electron chi connectivity index (χ0n) is 75.5. The van der Waals surface area contributed by atoms with Crippen molar-refractivity contribution in [1.82, 2.24) is 27.4 Å². The summed E-state index contributed by atoms with van der Waals surface area (Å²) in [4.78, 5) is 0.